The molecule has 31 heavy (non-hydrogen) atoms. The van der Waals surface area contributed by atoms with Crippen LogP contribution in [0.4, 0.5) is 25.1 Å². The van der Waals surface area contributed by atoms with Crippen molar-refractivity contribution in [1.82, 2.24) is 14.8 Å². The quantitative estimate of drug-likeness (QED) is 0.753. The lowest BCUT2D eigenvalue weighted by Gasteiger charge is -2.36. The Bertz CT molecular complexity index is 1010. The minimum atomic E-state index is -0.958. The van der Waals surface area contributed by atoms with Crippen LogP contribution in [0, 0.1) is 25.5 Å². The van der Waals surface area contributed by atoms with E-state index in [1.807, 2.05) is 13.8 Å². The second-order valence-electron chi connectivity index (χ2n) is 8.07. The second-order valence-corrected chi connectivity index (χ2v) is 8.07. The van der Waals surface area contributed by atoms with Gasteiger partial charge in [0.25, 0.3) is 5.91 Å². The van der Waals surface area contributed by atoms with E-state index in [1.54, 1.807) is 13.2 Å². The molecule has 0 bridgehead atoms. The number of piperazine rings is 1. The maximum absolute atomic E-state index is 14.8. The highest BCUT2D eigenvalue weighted by molar-refractivity contribution is 5.97. The third-order valence-corrected chi connectivity index (χ3v) is 5.82. The number of anilines is 2. The number of urea groups is 1. The maximum atomic E-state index is 14.8. The molecule has 0 N–H and O–H groups in total. The van der Waals surface area contributed by atoms with Crippen molar-refractivity contribution in [3.05, 3.63) is 52.7 Å². The van der Waals surface area contributed by atoms with Crippen molar-refractivity contribution in [2.45, 2.75) is 13.8 Å². The number of carbonyl (C=O) groups is 2. The highest BCUT2D eigenvalue weighted by Gasteiger charge is 2.31. The Labute approximate surface area is 179 Å². The molecule has 0 spiro atoms. The number of carbonyl (C=O) groups excluding carboxylic acids is 2. The summed E-state index contributed by atoms with van der Waals surface area (Å²) in [6, 6.07) is 3.84. The molecule has 0 saturated carbocycles. The average molecular weight is 429 g/mol. The van der Waals surface area contributed by atoms with Crippen LogP contribution < -0.4 is 9.80 Å². The van der Waals surface area contributed by atoms with Gasteiger partial charge in [-0.15, -0.1) is 0 Å². The van der Waals surface area contributed by atoms with Crippen LogP contribution in [0.5, 0.6) is 0 Å². The molecular weight excluding hydrogens is 404 g/mol. The minimum absolute atomic E-state index is 0.117. The van der Waals surface area contributed by atoms with Crippen LogP contribution in [0.2, 0.25) is 0 Å². The number of aromatic nitrogens is 1. The lowest BCUT2D eigenvalue weighted by molar-refractivity contribution is 0.0736. The van der Waals surface area contributed by atoms with Crippen molar-refractivity contribution in [2.75, 3.05) is 56.1 Å². The fourth-order valence-electron chi connectivity index (χ4n) is 4.13. The van der Waals surface area contributed by atoms with Gasteiger partial charge in [0, 0.05) is 52.5 Å². The molecule has 2 aromatic rings. The molecule has 0 radical (unpaired) electrons. The standard InChI is InChI=1S/C22H25F2N5O2/c1-14-10-15(2)20(25-13-14)27-5-7-28(8-6-27)21(30)19-17(23)11-16(12-18(19)24)29-9-4-26(3)22(29)31/h10-13H,4-9H2,1-3H3. The van der Waals surface area contributed by atoms with Crippen LogP contribution in [0.15, 0.2) is 24.4 Å². The molecule has 4 rings (SSSR count). The Balaban J connectivity index is 1.48. The van der Waals surface area contributed by atoms with E-state index in [9.17, 15) is 18.4 Å². The number of benzene rings is 1. The van der Waals surface area contributed by atoms with E-state index in [1.165, 1.54) is 14.7 Å². The van der Waals surface area contributed by atoms with Crippen molar-refractivity contribution in [1.29, 1.82) is 0 Å². The van der Waals surface area contributed by atoms with Gasteiger partial charge in [0.15, 0.2) is 0 Å². The Morgan fingerprint density at radius 2 is 1.61 bits per heavy atom. The number of likely N-dealkylation sites (N-methyl/N-ethyl adjacent to an activating group) is 1. The van der Waals surface area contributed by atoms with Gasteiger partial charge in [-0.3, -0.25) is 9.69 Å². The summed E-state index contributed by atoms with van der Waals surface area (Å²) in [5.74, 6) is -1.74. The number of pyridine rings is 1. The zero-order valence-electron chi connectivity index (χ0n) is 17.9. The summed E-state index contributed by atoms with van der Waals surface area (Å²) in [6.45, 7) is 6.51. The average Bonchev–Trinajstić information content (AvgIpc) is 3.06. The molecule has 0 aliphatic carbocycles. The van der Waals surface area contributed by atoms with Gasteiger partial charge in [0.05, 0.1) is 5.69 Å². The molecule has 2 fully saturated rings. The normalized spacial score (nSPS) is 17.0. The first-order valence-corrected chi connectivity index (χ1v) is 10.3. The van der Waals surface area contributed by atoms with Gasteiger partial charge in [-0.1, -0.05) is 6.07 Å². The van der Waals surface area contributed by atoms with E-state index in [2.05, 4.69) is 16.0 Å². The molecule has 2 aliphatic heterocycles. The fraction of sp³-hybridized carbons (Fsp3) is 0.409. The highest BCUT2D eigenvalue weighted by Crippen LogP contribution is 2.27. The van der Waals surface area contributed by atoms with Crippen molar-refractivity contribution in [3.8, 4) is 0 Å². The summed E-state index contributed by atoms with van der Waals surface area (Å²) in [5, 5.41) is 0. The number of halogens is 2. The summed E-state index contributed by atoms with van der Waals surface area (Å²) in [7, 11) is 1.63. The lowest BCUT2D eigenvalue weighted by atomic mass is 10.1. The topological polar surface area (TPSA) is 60.0 Å². The van der Waals surface area contributed by atoms with Crippen LogP contribution in [0.1, 0.15) is 21.5 Å². The smallest absolute Gasteiger partial charge is 0.324 e. The van der Waals surface area contributed by atoms with E-state index >= 15 is 0 Å². The summed E-state index contributed by atoms with van der Waals surface area (Å²) in [6.07, 6.45) is 1.80. The van der Waals surface area contributed by atoms with Gasteiger partial charge in [-0.05, 0) is 37.1 Å². The lowest BCUT2D eigenvalue weighted by Crippen LogP contribution is -2.49. The van der Waals surface area contributed by atoms with Crippen LogP contribution >= 0.6 is 0 Å². The largest absolute Gasteiger partial charge is 0.353 e. The Kier molecular flexibility index (Phi) is 5.51. The molecule has 0 atom stereocenters. The molecule has 7 nitrogen and oxygen atoms in total. The summed E-state index contributed by atoms with van der Waals surface area (Å²) in [4.78, 5) is 35.8. The van der Waals surface area contributed by atoms with Crippen LogP contribution in [0.3, 0.4) is 0 Å². The number of rotatable bonds is 3. The highest BCUT2D eigenvalue weighted by atomic mass is 19.1. The fourth-order valence-corrected chi connectivity index (χ4v) is 4.13. The van der Waals surface area contributed by atoms with E-state index in [-0.39, 0.29) is 11.7 Å². The predicted molar refractivity (Wildman–Crippen MR) is 114 cm³/mol. The first-order chi connectivity index (χ1) is 14.8. The molecular formula is C22H25F2N5O2. The second kappa shape index (κ2) is 8.13. The minimum Gasteiger partial charge on any atom is -0.353 e. The molecule has 2 saturated heterocycles. The van der Waals surface area contributed by atoms with Crippen LogP contribution in [0.25, 0.3) is 0 Å². The SMILES string of the molecule is Cc1cnc(N2CCN(C(=O)c3c(F)cc(N4CCN(C)C4=O)cc3F)CC2)c(C)c1. The molecule has 2 aliphatic rings. The number of amides is 3. The van der Waals surface area contributed by atoms with Gasteiger partial charge >= 0.3 is 6.03 Å². The van der Waals surface area contributed by atoms with Gasteiger partial charge < -0.3 is 14.7 Å². The maximum Gasteiger partial charge on any atom is 0.324 e. The molecule has 3 heterocycles. The summed E-state index contributed by atoms with van der Waals surface area (Å²) < 4.78 is 29.5. The number of nitrogens with zero attached hydrogens (tertiary/aromatic N) is 5. The van der Waals surface area contributed by atoms with Crippen molar-refractivity contribution < 1.29 is 18.4 Å². The van der Waals surface area contributed by atoms with Crippen LogP contribution in [-0.2, 0) is 0 Å². The van der Waals surface area contributed by atoms with Crippen molar-refractivity contribution >= 4 is 23.4 Å². The Hall–Kier alpha value is -3.23. The third kappa shape index (κ3) is 3.92. The van der Waals surface area contributed by atoms with Crippen molar-refractivity contribution in [2.24, 2.45) is 0 Å². The van der Waals surface area contributed by atoms with Gasteiger partial charge in [-0.2, -0.15) is 0 Å². The first kappa shape index (κ1) is 21.0. The van der Waals surface area contributed by atoms with Gasteiger partial charge in [-0.25, -0.2) is 18.6 Å². The Morgan fingerprint density at radius 3 is 2.16 bits per heavy atom. The molecule has 1 aromatic carbocycles. The van der Waals surface area contributed by atoms with Crippen molar-refractivity contribution in [3.63, 3.8) is 0 Å². The zero-order chi connectivity index (χ0) is 22.3. The third-order valence-electron chi connectivity index (χ3n) is 5.82. The van der Waals surface area contributed by atoms with Gasteiger partial charge in [0.1, 0.15) is 23.0 Å². The molecule has 164 valence electrons. The van der Waals surface area contributed by atoms with Crippen LogP contribution in [-0.4, -0.2) is 73.0 Å². The number of aryl methyl sites for hydroxylation is 2. The first-order valence-electron chi connectivity index (χ1n) is 10.3. The molecule has 0 unspecified atom stereocenters. The predicted octanol–water partition coefficient (Wildman–Crippen LogP) is 2.81. The zero-order valence-corrected chi connectivity index (χ0v) is 17.9. The number of hydrogen-bond acceptors (Lipinski definition) is 4. The van der Waals surface area contributed by atoms with E-state index in [0.717, 1.165) is 29.1 Å². The monoisotopic (exact) mass is 429 g/mol. The number of hydrogen-bond donors (Lipinski definition) is 0. The van der Waals surface area contributed by atoms with Gasteiger partial charge in [0.2, 0.25) is 0 Å². The summed E-state index contributed by atoms with van der Waals surface area (Å²) >= 11 is 0. The molecule has 9 heteroatoms. The summed E-state index contributed by atoms with van der Waals surface area (Å²) in [5.41, 5.74) is 1.66. The van der Waals surface area contributed by atoms with E-state index < -0.39 is 23.1 Å². The van der Waals surface area contributed by atoms with E-state index in [0.29, 0.717) is 39.3 Å². The van der Waals surface area contributed by atoms with E-state index in [4.69, 9.17) is 0 Å². The molecule has 1 aromatic heterocycles. The molecule has 3 amide bonds. The Morgan fingerprint density at radius 1 is 0.968 bits per heavy atom.